The predicted molar refractivity (Wildman–Crippen MR) is 110 cm³/mol. The molecule has 1 aliphatic heterocycles. The molecule has 0 radical (unpaired) electrons. The van der Waals surface area contributed by atoms with Crippen LogP contribution in [0.4, 0.5) is 4.39 Å². The molecule has 2 atom stereocenters. The second kappa shape index (κ2) is 8.43. The summed E-state index contributed by atoms with van der Waals surface area (Å²) >= 11 is 7.73. The Balaban J connectivity index is 1.53. The van der Waals surface area contributed by atoms with E-state index in [4.69, 9.17) is 11.6 Å². The van der Waals surface area contributed by atoms with Crippen molar-refractivity contribution in [1.29, 1.82) is 0 Å². The molecule has 0 spiro atoms. The lowest BCUT2D eigenvalue weighted by Gasteiger charge is -2.32. The summed E-state index contributed by atoms with van der Waals surface area (Å²) in [6.07, 6.45) is 1.01. The first-order valence-corrected chi connectivity index (χ1v) is 10.6. The highest BCUT2D eigenvalue weighted by atomic mass is 35.5. The van der Waals surface area contributed by atoms with Crippen LogP contribution in [0.15, 0.2) is 60.0 Å². The number of benzene rings is 2. The largest absolute Gasteiger partial charge is 0.346 e. The SMILES string of the molecule is O=C(NC[C@@H](c1cccs1)[NH+]1CCc2ccccc2C1)c1c(F)cccc1Cl. The van der Waals surface area contributed by atoms with Gasteiger partial charge in [-0.15, -0.1) is 11.3 Å². The number of rotatable bonds is 5. The van der Waals surface area contributed by atoms with E-state index in [0.29, 0.717) is 6.54 Å². The van der Waals surface area contributed by atoms with Gasteiger partial charge in [-0.1, -0.05) is 48.0 Å². The standard InChI is InChI=1S/C22H20ClFN2OS/c23-17-7-3-8-18(24)21(17)22(27)25-13-19(20-9-4-12-28-20)26-11-10-15-5-1-2-6-16(15)14-26/h1-9,12,19H,10-11,13-14H2,(H,25,27)/p+1/t19-/m0/s1. The first-order valence-electron chi connectivity index (χ1n) is 9.30. The molecule has 1 aliphatic rings. The van der Waals surface area contributed by atoms with Crippen molar-refractivity contribution in [1.82, 2.24) is 5.32 Å². The Morgan fingerprint density at radius 3 is 2.71 bits per heavy atom. The highest BCUT2D eigenvalue weighted by Crippen LogP contribution is 2.21. The number of nitrogens with one attached hydrogen (secondary N) is 2. The molecule has 4 rings (SSSR count). The first kappa shape index (κ1) is 19.1. The number of carbonyl (C=O) groups excluding carboxylic acids is 1. The molecule has 3 nitrogen and oxygen atoms in total. The molecule has 1 aromatic heterocycles. The third kappa shape index (κ3) is 3.97. The number of fused-ring (bicyclic) bond motifs is 1. The highest BCUT2D eigenvalue weighted by molar-refractivity contribution is 7.10. The fourth-order valence-electron chi connectivity index (χ4n) is 3.83. The van der Waals surface area contributed by atoms with Gasteiger partial charge in [0.05, 0.1) is 28.6 Å². The predicted octanol–water partition coefficient (Wildman–Crippen LogP) is 3.65. The molecule has 3 aromatic rings. The molecule has 1 amide bonds. The Labute approximate surface area is 172 Å². The van der Waals surface area contributed by atoms with Gasteiger partial charge in [-0.05, 0) is 29.1 Å². The van der Waals surface area contributed by atoms with Crippen molar-refractivity contribution in [3.63, 3.8) is 0 Å². The van der Waals surface area contributed by atoms with Gasteiger partial charge in [0.2, 0.25) is 0 Å². The molecule has 1 unspecified atom stereocenters. The fourth-order valence-corrected chi connectivity index (χ4v) is 4.97. The monoisotopic (exact) mass is 415 g/mol. The van der Waals surface area contributed by atoms with Crippen molar-refractivity contribution in [3.8, 4) is 0 Å². The average molecular weight is 416 g/mol. The maximum absolute atomic E-state index is 14.1. The Morgan fingerprint density at radius 1 is 1.14 bits per heavy atom. The van der Waals surface area contributed by atoms with Crippen LogP contribution in [0.25, 0.3) is 0 Å². The van der Waals surface area contributed by atoms with Crippen molar-refractivity contribution in [2.75, 3.05) is 13.1 Å². The van der Waals surface area contributed by atoms with E-state index in [0.717, 1.165) is 19.5 Å². The minimum Gasteiger partial charge on any atom is -0.346 e. The number of quaternary nitrogens is 1. The number of thiophene rings is 1. The highest BCUT2D eigenvalue weighted by Gasteiger charge is 2.30. The summed E-state index contributed by atoms with van der Waals surface area (Å²) in [5.74, 6) is -1.07. The first-order chi connectivity index (χ1) is 13.6. The van der Waals surface area contributed by atoms with E-state index in [1.807, 2.05) is 6.07 Å². The lowest BCUT2D eigenvalue weighted by atomic mass is 9.98. The molecular formula is C22H21ClFN2OS+. The molecule has 28 heavy (non-hydrogen) atoms. The number of carbonyl (C=O) groups is 1. The molecular weight excluding hydrogens is 395 g/mol. The Kier molecular flexibility index (Phi) is 5.76. The van der Waals surface area contributed by atoms with Gasteiger partial charge in [-0.25, -0.2) is 4.39 Å². The van der Waals surface area contributed by atoms with Crippen LogP contribution in [0.1, 0.15) is 32.4 Å². The molecule has 2 aromatic carbocycles. The topological polar surface area (TPSA) is 33.5 Å². The Morgan fingerprint density at radius 2 is 1.96 bits per heavy atom. The Bertz CT molecular complexity index is 956. The second-order valence-corrected chi connectivity index (χ2v) is 8.36. The molecule has 0 saturated heterocycles. The summed E-state index contributed by atoms with van der Waals surface area (Å²) in [5.41, 5.74) is 2.67. The minimum atomic E-state index is -0.600. The van der Waals surface area contributed by atoms with E-state index in [1.54, 1.807) is 11.3 Å². The fraction of sp³-hybridized carbons (Fsp3) is 0.227. The van der Waals surface area contributed by atoms with Crippen molar-refractivity contribution in [2.45, 2.75) is 19.0 Å². The number of hydrogen-bond acceptors (Lipinski definition) is 2. The van der Waals surface area contributed by atoms with Gasteiger partial charge in [-0.3, -0.25) is 4.79 Å². The van der Waals surface area contributed by atoms with Gasteiger partial charge in [0, 0.05) is 12.0 Å². The van der Waals surface area contributed by atoms with Gasteiger partial charge in [-0.2, -0.15) is 0 Å². The number of hydrogen-bond donors (Lipinski definition) is 2. The van der Waals surface area contributed by atoms with E-state index < -0.39 is 11.7 Å². The van der Waals surface area contributed by atoms with Crippen molar-refractivity contribution >= 4 is 28.8 Å². The molecule has 0 bridgehead atoms. The van der Waals surface area contributed by atoms with Crippen LogP contribution >= 0.6 is 22.9 Å². The zero-order valence-corrected chi connectivity index (χ0v) is 16.8. The summed E-state index contributed by atoms with van der Waals surface area (Å²) in [7, 11) is 0. The average Bonchev–Trinajstić information content (AvgIpc) is 3.22. The van der Waals surface area contributed by atoms with Crippen LogP contribution in [0.5, 0.6) is 0 Å². The molecule has 6 heteroatoms. The van der Waals surface area contributed by atoms with E-state index in [1.165, 1.54) is 39.1 Å². The van der Waals surface area contributed by atoms with Gasteiger partial charge in [0.25, 0.3) is 5.91 Å². The zero-order chi connectivity index (χ0) is 19.5. The van der Waals surface area contributed by atoms with Crippen LogP contribution in [0, 0.1) is 5.82 Å². The second-order valence-electron chi connectivity index (χ2n) is 6.98. The maximum Gasteiger partial charge on any atom is 0.256 e. The lowest BCUT2D eigenvalue weighted by Crippen LogP contribution is -3.12. The minimum absolute atomic E-state index is 0.0897. The van der Waals surface area contributed by atoms with Crippen molar-refractivity contribution in [2.24, 2.45) is 0 Å². The quantitative estimate of drug-likeness (QED) is 0.655. The summed E-state index contributed by atoms with van der Waals surface area (Å²) < 4.78 is 14.1. The molecule has 144 valence electrons. The van der Waals surface area contributed by atoms with Crippen LogP contribution in [-0.2, 0) is 13.0 Å². The van der Waals surface area contributed by atoms with Gasteiger partial charge in [0.15, 0.2) is 0 Å². The third-order valence-electron chi connectivity index (χ3n) is 5.29. The lowest BCUT2D eigenvalue weighted by molar-refractivity contribution is -0.945. The summed E-state index contributed by atoms with van der Waals surface area (Å²) in [4.78, 5) is 15.2. The van der Waals surface area contributed by atoms with Gasteiger partial charge < -0.3 is 10.2 Å². The van der Waals surface area contributed by atoms with Crippen LogP contribution < -0.4 is 10.2 Å². The van der Waals surface area contributed by atoms with E-state index in [-0.39, 0.29) is 16.6 Å². The molecule has 2 N–H and O–H groups in total. The normalized spacial score (nSPS) is 17.0. The smallest absolute Gasteiger partial charge is 0.256 e. The van der Waals surface area contributed by atoms with Crippen LogP contribution in [0.2, 0.25) is 5.02 Å². The third-order valence-corrected chi connectivity index (χ3v) is 6.59. The maximum atomic E-state index is 14.1. The van der Waals surface area contributed by atoms with Gasteiger partial charge >= 0.3 is 0 Å². The summed E-state index contributed by atoms with van der Waals surface area (Å²) in [6, 6.07) is 17.0. The number of halogens is 2. The van der Waals surface area contributed by atoms with E-state index in [2.05, 4.69) is 41.0 Å². The molecule has 2 heterocycles. The zero-order valence-electron chi connectivity index (χ0n) is 15.3. The summed E-state index contributed by atoms with van der Waals surface area (Å²) in [5, 5.41) is 5.09. The molecule has 0 fully saturated rings. The molecule has 0 saturated carbocycles. The van der Waals surface area contributed by atoms with Crippen molar-refractivity contribution in [3.05, 3.63) is 92.4 Å². The van der Waals surface area contributed by atoms with Crippen LogP contribution in [-0.4, -0.2) is 19.0 Å². The summed E-state index contributed by atoms with van der Waals surface area (Å²) in [6.45, 7) is 2.34. The van der Waals surface area contributed by atoms with E-state index >= 15 is 0 Å². The number of amides is 1. The Hall–Kier alpha value is -2.21. The molecule has 0 aliphatic carbocycles. The van der Waals surface area contributed by atoms with Gasteiger partial charge in [0.1, 0.15) is 18.4 Å². The van der Waals surface area contributed by atoms with E-state index in [9.17, 15) is 9.18 Å². The van der Waals surface area contributed by atoms with Crippen LogP contribution in [0.3, 0.4) is 0 Å². The van der Waals surface area contributed by atoms with Crippen molar-refractivity contribution < 1.29 is 14.1 Å².